The standard InChI is InChI=1S/C23H24FN5O/c1-23(2,3)14-26-22-25-10-8-18(27-22)21-20(16-4-6-17(24)7-5-16)28-19-12-15(13-30)9-11-29(19)21/h4-12,30H,13-14H2,1-3H3,(H,25,26,27). The van der Waals surface area contributed by atoms with Gasteiger partial charge < -0.3 is 10.4 Å². The number of hydrogen-bond acceptors (Lipinski definition) is 5. The van der Waals surface area contributed by atoms with Gasteiger partial charge in [0.05, 0.1) is 23.7 Å². The topological polar surface area (TPSA) is 75.3 Å². The summed E-state index contributed by atoms with van der Waals surface area (Å²) in [6.07, 6.45) is 3.57. The molecule has 0 aliphatic heterocycles. The molecule has 0 atom stereocenters. The summed E-state index contributed by atoms with van der Waals surface area (Å²) in [4.78, 5) is 13.8. The minimum absolute atomic E-state index is 0.0705. The minimum Gasteiger partial charge on any atom is -0.392 e. The van der Waals surface area contributed by atoms with Gasteiger partial charge in [-0.1, -0.05) is 20.8 Å². The average molecular weight is 405 g/mol. The molecule has 0 saturated carbocycles. The van der Waals surface area contributed by atoms with Crippen molar-refractivity contribution >= 4 is 11.6 Å². The molecule has 0 bridgehead atoms. The Morgan fingerprint density at radius 3 is 2.53 bits per heavy atom. The number of aliphatic hydroxyl groups is 1. The Bertz CT molecular complexity index is 1180. The zero-order valence-corrected chi connectivity index (χ0v) is 17.2. The Hall–Kier alpha value is -3.32. The summed E-state index contributed by atoms with van der Waals surface area (Å²) in [5.74, 6) is 0.233. The summed E-state index contributed by atoms with van der Waals surface area (Å²) in [5, 5.41) is 12.8. The fraction of sp³-hybridized carbons (Fsp3) is 0.261. The van der Waals surface area contributed by atoms with Crippen LogP contribution in [0.5, 0.6) is 0 Å². The highest BCUT2D eigenvalue weighted by Crippen LogP contribution is 2.32. The van der Waals surface area contributed by atoms with Crippen LogP contribution in [0.3, 0.4) is 0 Å². The first-order chi connectivity index (χ1) is 14.3. The van der Waals surface area contributed by atoms with E-state index in [4.69, 9.17) is 9.97 Å². The third-order valence-corrected chi connectivity index (χ3v) is 4.67. The van der Waals surface area contributed by atoms with Crippen molar-refractivity contribution in [3.63, 3.8) is 0 Å². The molecule has 0 spiro atoms. The first-order valence-electron chi connectivity index (χ1n) is 9.79. The highest BCUT2D eigenvalue weighted by atomic mass is 19.1. The van der Waals surface area contributed by atoms with E-state index in [1.54, 1.807) is 18.3 Å². The molecule has 154 valence electrons. The second-order valence-corrected chi connectivity index (χ2v) is 8.42. The van der Waals surface area contributed by atoms with E-state index < -0.39 is 0 Å². The van der Waals surface area contributed by atoms with Gasteiger partial charge in [0.1, 0.15) is 11.5 Å². The van der Waals surface area contributed by atoms with Crippen molar-refractivity contribution in [1.29, 1.82) is 0 Å². The van der Waals surface area contributed by atoms with Crippen molar-refractivity contribution < 1.29 is 9.50 Å². The molecule has 0 saturated heterocycles. The lowest BCUT2D eigenvalue weighted by atomic mass is 9.97. The van der Waals surface area contributed by atoms with Crippen LogP contribution in [0.25, 0.3) is 28.3 Å². The van der Waals surface area contributed by atoms with Crippen molar-refractivity contribution in [2.45, 2.75) is 27.4 Å². The number of benzene rings is 1. The monoisotopic (exact) mass is 405 g/mol. The molecule has 4 aromatic rings. The molecular formula is C23H24FN5O. The van der Waals surface area contributed by atoms with Gasteiger partial charge in [0.15, 0.2) is 0 Å². The van der Waals surface area contributed by atoms with E-state index in [9.17, 15) is 9.50 Å². The Morgan fingerprint density at radius 2 is 1.83 bits per heavy atom. The largest absolute Gasteiger partial charge is 0.392 e. The predicted molar refractivity (Wildman–Crippen MR) is 115 cm³/mol. The molecule has 1 aromatic carbocycles. The summed E-state index contributed by atoms with van der Waals surface area (Å²) in [7, 11) is 0. The molecule has 0 unspecified atom stereocenters. The molecule has 2 N–H and O–H groups in total. The van der Waals surface area contributed by atoms with Crippen LogP contribution < -0.4 is 5.32 Å². The van der Waals surface area contributed by atoms with Gasteiger partial charge in [0.2, 0.25) is 5.95 Å². The Balaban J connectivity index is 1.86. The maximum absolute atomic E-state index is 13.5. The van der Waals surface area contributed by atoms with Gasteiger partial charge in [0, 0.05) is 24.5 Å². The van der Waals surface area contributed by atoms with Gasteiger partial charge in [-0.05, 0) is 53.4 Å². The maximum atomic E-state index is 13.5. The maximum Gasteiger partial charge on any atom is 0.223 e. The summed E-state index contributed by atoms with van der Waals surface area (Å²) in [6, 6.07) is 11.7. The molecule has 0 fully saturated rings. The number of nitrogens with one attached hydrogen (secondary N) is 1. The second-order valence-electron chi connectivity index (χ2n) is 8.42. The van der Waals surface area contributed by atoms with Crippen LogP contribution in [-0.2, 0) is 6.61 Å². The number of pyridine rings is 1. The SMILES string of the molecule is CC(C)(C)CNc1nccc(-c2c(-c3ccc(F)cc3)nc3cc(CO)ccn23)n1. The van der Waals surface area contributed by atoms with E-state index in [1.807, 2.05) is 28.8 Å². The minimum atomic E-state index is -0.303. The predicted octanol–water partition coefficient (Wildman–Crippen LogP) is 4.55. The quantitative estimate of drug-likeness (QED) is 0.510. The average Bonchev–Trinajstić information content (AvgIpc) is 3.11. The van der Waals surface area contributed by atoms with E-state index >= 15 is 0 Å². The van der Waals surface area contributed by atoms with Crippen molar-refractivity contribution in [3.05, 3.63) is 66.2 Å². The number of hydrogen-bond donors (Lipinski definition) is 2. The lowest BCUT2D eigenvalue weighted by molar-refractivity contribution is 0.282. The van der Waals surface area contributed by atoms with Gasteiger partial charge >= 0.3 is 0 Å². The number of fused-ring (bicyclic) bond motifs is 1. The number of aliphatic hydroxyl groups excluding tert-OH is 1. The van der Waals surface area contributed by atoms with Gasteiger partial charge in [0.25, 0.3) is 0 Å². The molecule has 6 nitrogen and oxygen atoms in total. The Labute approximate surface area is 174 Å². The normalized spacial score (nSPS) is 11.8. The number of aromatic nitrogens is 4. The lowest BCUT2D eigenvalue weighted by Gasteiger charge is -2.18. The molecule has 3 heterocycles. The van der Waals surface area contributed by atoms with Gasteiger partial charge in [-0.2, -0.15) is 0 Å². The molecule has 4 rings (SSSR count). The smallest absolute Gasteiger partial charge is 0.223 e. The molecule has 7 heteroatoms. The summed E-state index contributed by atoms with van der Waals surface area (Å²) < 4.78 is 15.4. The van der Waals surface area contributed by atoms with Crippen LogP contribution in [-0.4, -0.2) is 31.0 Å². The van der Waals surface area contributed by atoms with Crippen LogP contribution in [0.4, 0.5) is 10.3 Å². The summed E-state index contributed by atoms with van der Waals surface area (Å²) in [5.41, 5.74) is 4.47. The van der Waals surface area contributed by atoms with Gasteiger partial charge in [-0.3, -0.25) is 4.40 Å². The first kappa shape index (κ1) is 20.0. The Morgan fingerprint density at radius 1 is 1.07 bits per heavy atom. The Kier molecular flexibility index (Phi) is 5.22. The molecular weight excluding hydrogens is 381 g/mol. The first-order valence-corrected chi connectivity index (χ1v) is 9.79. The lowest BCUT2D eigenvalue weighted by Crippen LogP contribution is -2.20. The van der Waals surface area contributed by atoms with Crippen LogP contribution >= 0.6 is 0 Å². The zero-order valence-electron chi connectivity index (χ0n) is 17.2. The number of nitrogens with zero attached hydrogens (tertiary/aromatic N) is 4. The molecule has 0 radical (unpaired) electrons. The van der Waals surface area contributed by atoms with Crippen LogP contribution in [0.15, 0.2) is 54.9 Å². The van der Waals surface area contributed by atoms with E-state index in [-0.39, 0.29) is 17.8 Å². The number of halogens is 1. The highest BCUT2D eigenvalue weighted by Gasteiger charge is 2.18. The third-order valence-electron chi connectivity index (χ3n) is 4.67. The second kappa shape index (κ2) is 7.84. The van der Waals surface area contributed by atoms with E-state index in [0.717, 1.165) is 23.4 Å². The number of imidazole rings is 1. The van der Waals surface area contributed by atoms with Crippen LogP contribution in [0, 0.1) is 11.2 Å². The van der Waals surface area contributed by atoms with E-state index in [2.05, 4.69) is 31.1 Å². The third kappa shape index (κ3) is 4.16. The summed E-state index contributed by atoms with van der Waals surface area (Å²) >= 11 is 0. The van der Waals surface area contributed by atoms with Crippen molar-refractivity contribution in [1.82, 2.24) is 19.4 Å². The molecule has 0 aliphatic rings. The molecule has 0 aliphatic carbocycles. The number of rotatable bonds is 5. The fourth-order valence-corrected chi connectivity index (χ4v) is 3.16. The van der Waals surface area contributed by atoms with Crippen molar-refractivity contribution in [2.24, 2.45) is 5.41 Å². The summed E-state index contributed by atoms with van der Waals surface area (Å²) in [6.45, 7) is 7.08. The fourth-order valence-electron chi connectivity index (χ4n) is 3.16. The van der Waals surface area contributed by atoms with E-state index in [0.29, 0.717) is 23.0 Å². The van der Waals surface area contributed by atoms with E-state index in [1.165, 1.54) is 12.1 Å². The number of anilines is 1. The van der Waals surface area contributed by atoms with Crippen LogP contribution in [0.2, 0.25) is 0 Å². The van der Waals surface area contributed by atoms with Crippen LogP contribution in [0.1, 0.15) is 26.3 Å². The molecule has 30 heavy (non-hydrogen) atoms. The van der Waals surface area contributed by atoms with Gasteiger partial charge in [-0.25, -0.2) is 19.3 Å². The zero-order chi connectivity index (χ0) is 21.3. The van der Waals surface area contributed by atoms with Crippen molar-refractivity contribution in [3.8, 4) is 22.6 Å². The van der Waals surface area contributed by atoms with Crippen molar-refractivity contribution in [2.75, 3.05) is 11.9 Å². The van der Waals surface area contributed by atoms with Gasteiger partial charge in [-0.15, -0.1) is 0 Å². The highest BCUT2D eigenvalue weighted by molar-refractivity contribution is 5.80. The molecule has 3 aromatic heterocycles. The molecule has 0 amide bonds.